The van der Waals surface area contributed by atoms with Crippen LogP contribution in [0, 0.1) is 0 Å². The number of carbonyl (C=O) groups is 1. The summed E-state index contributed by atoms with van der Waals surface area (Å²) in [6.45, 7) is 2.00. The van der Waals surface area contributed by atoms with E-state index in [4.69, 9.17) is 11.6 Å². The van der Waals surface area contributed by atoms with Crippen LogP contribution in [0.25, 0.3) is 11.1 Å². The molecule has 134 valence electrons. The lowest BCUT2D eigenvalue weighted by Crippen LogP contribution is -2.06. The van der Waals surface area contributed by atoms with Gasteiger partial charge in [-0.05, 0) is 48.2 Å². The lowest BCUT2D eigenvalue weighted by atomic mass is 9.91. The molecular weight excluding hydrogens is 350 g/mol. The fourth-order valence-corrected chi connectivity index (χ4v) is 3.09. The Balaban J connectivity index is 2.00. The lowest BCUT2D eigenvalue weighted by Gasteiger charge is -2.18. The summed E-state index contributed by atoms with van der Waals surface area (Å²) < 4.78 is 0. The molecule has 6 heteroatoms. The third-order valence-corrected chi connectivity index (χ3v) is 4.61. The van der Waals surface area contributed by atoms with Crippen LogP contribution >= 0.6 is 11.6 Å². The highest BCUT2D eigenvalue weighted by atomic mass is 35.5. The number of hydrogen-bond donors (Lipinski definition) is 3. The van der Waals surface area contributed by atoms with E-state index < -0.39 is 5.97 Å². The van der Waals surface area contributed by atoms with Crippen molar-refractivity contribution in [2.75, 3.05) is 5.32 Å². The highest BCUT2D eigenvalue weighted by molar-refractivity contribution is 6.30. The third kappa shape index (κ3) is 4.24. The third-order valence-electron chi connectivity index (χ3n) is 4.36. The molecular formula is C20H20ClN3O2. The summed E-state index contributed by atoms with van der Waals surface area (Å²) in [4.78, 5) is 11.2. The average molecular weight is 370 g/mol. The highest BCUT2D eigenvalue weighted by Crippen LogP contribution is 2.34. The van der Waals surface area contributed by atoms with Crippen LogP contribution in [0.3, 0.4) is 0 Å². The molecule has 5 nitrogen and oxygen atoms in total. The maximum Gasteiger partial charge on any atom is 0.303 e. The smallest absolute Gasteiger partial charge is 0.303 e. The molecule has 0 saturated heterocycles. The van der Waals surface area contributed by atoms with Crippen LogP contribution in [0.5, 0.6) is 0 Å². The number of rotatable bonds is 7. The van der Waals surface area contributed by atoms with E-state index >= 15 is 0 Å². The second-order valence-electron chi connectivity index (χ2n) is 6.13. The molecule has 1 heterocycles. The number of halogens is 1. The quantitative estimate of drug-likeness (QED) is 0.518. The molecule has 3 rings (SSSR count). The molecule has 1 aromatic heterocycles. The van der Waals surface area contributed by atoms with Gasteiger partial charge in [-0.15, -0.1) is 0 Å². The van der Waals surface area contributed by atoms with Gasteiger partial charge in [0, 0.05) is 33.7 Å². The van der Waals surface area contributed by atoms with Crippen LogP contribution in [-0.2, 0) is 4.79 Å². The van der Waals surface area contributed by atoms with E-state index in [0.29, 0.717) is 5.02 Å². The standard InChI is InChI=1S/C20H20ClN3O2/c1-2-13(10-20(25)26)14-3-8-18(15-11-22-23-12-15)19(9-14)24-17-6-4-16(21)5-7-17/h3-9,11-13,24H,2,10H2,1H3,(H,22,23)(H,25,26). The van der Waals surface area contributed by atoms with Crippen molar-refractivity contribution in [1.29, 1.82) is 0 Å². The van der Waals surface area contributed by atoms with E-state index in [1.165, 1.54) is 0 Å². The summed E-state index contributed by atoms with van der Waals surface area (Å²) in [5.74, 6) is -0.820. The maximum atomic E-state index is 11.2. The second kappa shape index (κ2) is 8.06. The molecule has 0 amide bonds. The number of carboxylic acid groups (broad SMARTS) is 1. The number of H-pyrrole nitrogens is 1. The molecule has 3 N–H and O–H groups in total. The van der Waals surface area contributed by atoms with Crippen molar-refractivity contribution in [3.8, 4) is 11.1 Å². The van der Waals surface area contributed by atoms with Gasteiger partial charge < -0.3 is 10.4 Å². The first-order valence-electron chi connectivity index (χ1n) is 8.44. The average Bonchev–Trinajstić information content (AvgIpc) is 3.16. The number of benzene rings is 2. The predicted molar refractivity (Wildman–Crippen MR) is 104 cm³/mol. The van der Waals surface area contributed by atoms with Crippen molar-refractivity contribution in [2.24, 2.45) is 0 Å². The van der Waals surface area contributed by atoms with Crippen molar-refractivity contribution in [3.05, 3.63) is 65.4 Å². The first-order chi connectivity index (χ1) is 12.6. The monoisotopic (exact) mass is 369 g/mol. The summed E-state index contributed by atoms with van der Waals surface area (Å²) >= 11 is 5.97. The molecule has 0 aliphatic rings. The van der Waals surface area contributed by atoms with Gasteiger partial charge >= 0.3 is 5.97 Å². The molecule has 0 aliphatic heterocycles. The molecule has 2 aromatic carbocycles. The molecule has 0 saturated carbocycles. The lowest BCUT2D eigenvalue weighted by molar-refractivity contribution is -0.137. The SMILES string of the molecule is CCC(CC(=O)O)c1ccc(-c2cn[nH]c2)c(Nc2ccc(Cl)cc2)c1. The van der Waals surface area contributed by atoms with Crippen molar-refractivity contribution in [2.45, 2.75) is 25.7 Å². The predicted octanol–water partition coefficient (Wildman–Crippen LogP) is 5.44. The van der Waals surface area contributed by atoms with E-state index in [-0.39, 0.29) is 12.3 Å². The number of hydrogen-bond acceptors (Lipinski definition) is 3. The molecule has 26 heavy (non-hydrogen) atoms. The van der Waals surface area contributed by atoms with Gasteiger partial charge in [0.2, 0.25) is 0 Å². The van der Waals surface area contributed by atoms with Crippen LogP contribution < -0.4 is 5.32 Å². The minimum atomic E-state index is -0.789. The van der Waals surface area contributed by atoms with Crippen molar-refractivity contribution in [3.63, 3.8) is 0 Å². The number of nitrogens with one attached hydrogen (secondary N) is 2. The second-order valence-corrected chi connectivity index (χ2v) is 6.56. The number of nitrogens with zero attached hydrogens (tertiary/aromatic N) is 1. The van der Waals surface area contributed by atoms with Gasteiger partial charge in [0.05, 0.1) is 12.6 Å². The Morgan fingerprint density at radius 2 is 2.04 bits per heavy atom. The normalized spacial score (nSPS) is 11.9. The maximum absolute atomic E-state index is 11.2. The van der Waals surface area contributed by atoms with Crippen molar-refractivity contribution in [1.82, 2.24) is 10.2 Å². The number of aromatic amines is 1. The summed E-state index contributed by atoms with van der Waals surface area (Å²) in [7, 11) is 0. The van der Waals surface area contributed by atoms with E-state index in [1.807, 2.05) is 55.6 Å². The minimum absolute atomic E-state index is 0.0309. The topological polar surface area (TPSA) is 78.0 Å². The Bertz CT molecular complexity index is 877. The van der Waals surface area contributed by atoms with E-state index in [2.05, 4.69) is 15.5 Å². The summed E-state index contributed by atoms with van der Waals surface area (Å²) in [6.07, 6.45) is 4.47. The first kappa shape index (κ1) is 18.0. The van der Waals surface area contributed by atoms with Crippen molar-refractivity contribution >= 4 is 28.9 Å². The summed E-state index contributed by atoms with van der Waals surface area (Å²) in [5, 5.41) is 20.1. The molecule has 0 fully saturated rings. The number of carboxylic acids is 1. The van der Waals surface area contributed by atoms with Crippen LogP contribution in [0.1, 0.15) is 31.2 Å². The fourth-order valence-electron chi connectivity index (χ4n) is 2.97. The minimum Gasteiger partial charge on any atom is -0.481 e. The molecule has 1 atom stereocenters. The Morgan fingerprint density at radius 3 is 2.65 bits per heavy atom. The molecule has 0 bridgehead atoms. The van der Waals surface area contributed by atoms with Gasteiger partial charge in [0.15, 0.2) is 0 Å². The molecule has 0 aliphatic carbocycles. The zero-order valence-electron chi connectivity index (χ0n) is 14.4. The first-order valence-corrected chi connectivity index (χ1v) is 8.82. The van der Waals surface area contributed by atoms with Gasteiger partial charge in [0.25, 0.3) is 0 Å². The van der Waals surface area contributed by atoms with Gasteiger partial charge in [-0.1, -0.05) is 30.7 Å². The molecule has 1 unspecified atom stereocenters. The Labute approximate surface area is 157 Å². The Kier molecular flexibility index (Phi) is 5.58. The van der Waals surface area contributed by atoms with Crippen LogP contribution in [0.4, 0.5) is 11.4 Å². The highest BCUT2D eigenvalue weighted by Gasteiger charge is 2.16. The zero-order valence-corrected chi connectivity index (χ0v) is 15.1. The summed E-state index contributed by atoms with van der Waals surface area (Å²) in [5.41, 5.74) is 4.75. The van der Waals surface area contributed by atoms with E-state index in [9.17, 15) is 9.90 Å². The zero-order chi connectivity index (χ0) is 18.5. The van der Waals surface area contributed by atoms with E-state index in [0.717, 1.165) is 34.5 Å². The molecule has 0 radical (unpaired) electrons. The van der Waals surface area contributed by atoms with Gasteiger partial charge in [0.1, 0.15) is 0 Å². The van der Waals surface area contributed by atoms with E-state index in [1.54, 1.807) is 6.20 Å². The van der Waals surface area contributed by atoms with Crippen LogP contribution in [0.2, 0.25) is 5.02 Å². The number of aromatic nitrogens is 2. The Morgan fingerprint density at radius 1 is 1.27 bits per heavy atom. The molecule has 0 spiro atoms. The van der Waals surface area contributed by atoms with Gasteiger partial charge in [-0.3, -0.25) is 9.89 Å². The molecule has 3 aromatic rings. The summed E-state index contributed by atoms with van der Waals surface area (Å²) in [6, 6.07) is 13.5. The van der Waals surface area contributed by atoms with Crippen molar-refractivity contribution < 1.29 is 9.90 Å². The number of aliphatic carboxylic acids is 1. The van der Waals surface area contributed by atoms with Gasteiger partial charge in [-0.25, -0.2) is 0 Å². The fraction of sp³-hybridized carbons (Fsp3) is 0.200. The largest absolute Gasteiger partial charge is 0.481 e. The van der Waals surface area contributed by atoms with Crippen LogP contribution in [0.15, 0.2) is 54.9 Å². The Hall–Kier alpha value is -2.79. The number of anilines is 2. The van der Waals surface area contributed by atoms with Crippen LogP contribution in [-0.4, -0.2) is 21.3 Å². The van der Waals surface area contributed by atoms with Gasteiger partial charge in [-0.2, -0.15) is 5.10 Å².